The van der Waals surface area contributed by atoms with Crippen LogP contribution in [0.3, 0.4) is 0 Å². The maximum absolute atomic E-state index is 13.8. The monoisotopic (exact) mass is 431 g/mol. The van der Waals surface area contributed by atoms with E-state index in [1.165, 1.54) is 25.1 Å². The summed E-state index contributed by atoms with van der Waals surface area (Å²) in [5, 5.41) is 8.59. The van der Waals surface area contributed by atoms with Gasteiger partial charge in [0.15, 0.2) is 11.6 Å². The van der Waals surface area contributed by atoms with E-state index in [0.29, 0.717) is 23.4 Å². The molecule has 0 bridgehead atoms. The summed E-state index contributed by atoms with van der Waals surface area (Å²) < 4.78 is 17.5. The molecule has 1 fully saturated rings. The minimum Gasteiger partial charge on any atom is -0.341 e. The van der Waals surface area contributed by atoms with Crippen LogP contribution in [0.2, 0.25) is 0 Å². The second-order valence-corrected chi connectivity index (χ2v) is 8.22. The Morgan fingerprint density at radius 3 is 2.78 bits per heavy atom. The van der Waals surface area contributed by atoms with Gasteiger partial charge in [0.25, 0.3) is 0 Å². The summed E-state index contributed by atoms with van der Waals surface area (Å²) in [4.78, 5) is 20.4. The third-order valence-electron chi connectivity index (χ3n) is 6.37. The molecule has 0 saturated heterocycles. The number of aromatic nitrogens is 8. The van der Waals surface area contributed by atoms with Crippen molar-refractivity contribution in [2.75, 3.05) is 4.90 Å². The van der Waals surface area contributed by atoms with Gasteiger partial charge >= 0.3 is 0 Å². The summed E-state index contributed by atoms with van der Waals surface area (Å²) in [6.45, 7) is 2.17. The second kappa shape index (κ2) is 7.47. The van der Waals surface area contributed by atoms with Crippen molar-refractivity contribution in [2.24, 2.45) is 0 Å². The SMILES string of the molecule is CCC1c2nncn2-c2cnc(-n3ccnc3-c3cncc(F)c3)nc2N1C1CCCC1. The van der Waals surface area contributed by atoms with E-state index >= 15 is 0 Å². The van der Waals surface area contributed by atoms with Crippen LogP contribution in [0.25, 0.3) is 23.0 Å². The Bertz CT molecular complexity index is 1270. The predicted octanol–water partition coefficient (Wildman–Crippen LogP) is 3.66. The molecule has 162 valence electrons. The zero-order chi connectivity index (χ0) is 21.7. The van der Waals surface area contributed by atoms with E-state index in [-0.39, 0.29) is 6.04 Å². The van der Waals surface area contributed by atoms with Crippen molar-refractivity contribution in [3.63, 3.8) is 0 Å². The van der Waals surface area contributed by atoms with E-state index in [1.54, 1.807) is 29.5 Å². The molecule has 1 atom stereocenters. The summed E-state index contributed by atoms with van der Waals surface area (Å²) in [5.74, 6) is 2.41. The molecule has 10 heteroatoms. The Morgan fingerprint density at radius 2 is 1.97 bits per heavy atom. The van der Waals surface area contributed by atoms with Gasteiger partial charge in [-0.2, -0.15) is 4.98 Å². The largest absolute Gasteiger partial charge is 0.341 e. The van der Waals surface area contributed by atoms with Gasteiger partial charge in [-0.05, 0) is 25.3 Å². The minimum atomic E-state index is -0.415. The molecule has 0 aromatic carbocycles. The Hall–Kier alpha value is -3.69. The number of hydrogen-bond acceptors (Lipinski definition) is 7. The molecule has 9 nitrogen and oxygen atoms in total. The van der Waals surface area contributed by atoms with Gasteiger partial charge in [0, 0.05) is 30.2 Å². The average molecular weight is 431 g/mol. The summed E-state index contributed by atoms with van der Waals surface area (Å²) >= 11 is 0. The van der Waals surface area contributed by atoms with Crippen LogP contribution in [-0.2, 0) is 0 Å². The van der Waals surface area contributed by atoms with Crippen LogP contribution in [0, 0.1) is 5.82 Å². The highest BCUT2D eigenvalue weighted by Crippen LogP contribution is 2.42. The van der Waals surface area contributed by atoms with Gasteiger partial charge in [0.05, 0.1) is 18.4 Å². The topological polar surface area (TPSA) is 90.4 Å². The molecule has 0 N–H and O–H groups in total. The van der Waals surface area contributed by atoms with Gasteiger partial charge in [0.1, 0.15) is 23.7 Å². The molecule has 6 rings (SSSR count). The van der Waals surface area contributed by atoms with Crippen LogP contribution >= 0.6 is 0 Å². The molecular formula is C22H22FN9. The fourth-order valence-electron chi connectivity index (χ4n) is 4.96. The lowest BCUT2D eigenvalue weighted by atomic mass is 10.0. The van der Waals surface area contributed by atoms with Crippen molar-refractivity contribution < 1.29 is 4.39 Å². The van der Waals surface area contributed by atoms with Gasteiger partial charge in [-0.25, -0.2) is 14.4 Å². The normalized spacial score (nSPS) is 18.1. The van der Waals surface area contributed by atoms with Crippen molar-refractivity contribution >= 4 is 5.82 Å². The maximum atomic E-state index is 13.8. The van der Waals surface area contributed by atoms with Gasteiger partial charge in [-0.3, -0.25) is 14.1 Å². The minimum absolute atomic E-state index is 0.102. The first kappa shape index (κ1) is 19.0. The molecule has 1 saturated carbocycles. The molecule has 1 aliphatic heterocycles. The van der Waals surface area contributed by atoms with E-state index in [0.717, 1.165) is 36.6 Å². The Kier molecular flexibility index (Phi) is 4.44. The van der Waals surface area contributed by atoms with Gasteiger partial charge in [0.2, 0.25) is 5.95 Å². The standard InChI is InChI=1S/C22H22FN9/c1-2-17-21-29-27-13-31(21)18-12-26-22(28-20(18)32(17)16-5-3-4-6-16)30-8-7-25-19(30)14-9-15(23)11-24-10-14/h7-13,16-17H,2-6H2,1H3. The lowest BCUT2D eigenvalue weighted by Gasteiger charge is -2.40. The molecule has 1 unspecified atom stereocenters. The van der Waals surface area contributed by atoms with E-state index in [1.807, 2.05) is 10.8 Å². The van der Waals surface area contributed by atoms with Crippen molar-refractivity contribution in [1.82, 2.24) is 39.3 Å². The van der Waals surface area contributed by atoms with Crippen molar-refractivity contribution in [3.8, 4) is 23.0 Å². The summed E-state index contributed by atoms with van der Waals surface area (Å²) in [7, 11) is 0. The number of halogens is 1. The van der Waals surface area contributed by atoms with Crippen LogP contribution in [-0.4, -0.2) is 45.3 Å². The third kappa shape index (κ3) is 2.89. The highest BCUT2D eigenvalue weighted by Gasteiger charge is 2.38. The quantitative estimate of drug-likeness (QED) is 0.487. The highest BCUT2D eigenvalue weighted by molar-refractivity contribution is 5.63. The molecule has 1 aliphatic carbocycles. The summed E-state index contributed by atoms with van der Waals surface area (Å²) in [5.41, 5.74) is 1.44. The van der Waals surface area contributed by atoms with Crippen molar-refractivity contribution in [1.29, 1.82) is 0 Å². The van der Waals surface area contributed by atoms with E-state index in [2.05, 4.69) is 37.0 Å². The molecule has 4 aromatic heterocycles. The first-order chi connectivity index (χ1) is 15.7. The zero-order valence-corrected chi connectivity index (χ0v) is 17.6. The number of fused-ring (bicyclic) bond motifs is 3. The molecule has 32 heavy (non-hydrogen) atoms. The smallest absolute Gasteiger partial charge is 0.237 e. The number of pyridine rings is 1. The fraction of sp³-hybridized carbons (Fsp3) is 0.364. The predicted molar refractivity (Wildman–Crippen MR) is 115 cm³/mol. The van der Waals surface area contributed by atoms with Gasteiger partial charge in [-0.1, -0.05) is 19.8 Å². The molecule has 0 radical (unpaired) electrons. The first-order valence-electron chi connectivity index (χ1n) is 10.9. The number of rotatable bonds is 4. The molecule has 0 amide bonds. The van der Waals surface area contributed by atoms with Crippen LogP contribution < -0.4 is 4.90 Å². The van der Waals surface area contributed by atoms with Crippen molar-refractivity contribution in [2.45, 2.75) is 51.1 Å². The fourth-order valence-corrected chi connectivity index (χ4v) is 4.96. The third-order valence-corrected chi connectivity index (χ3v) is 6.37. The second-order valence-electron chi connectivity index (χ2n) is 8.22. The lowest BCUT2D eigenvalue weighted by Crippen LogP contribution is -2.42. The van der Waals surface area contributed by atoms with E-state index in [4.69, 9.17) is 4.98 Å². The Labute approximate surface area is 184 Å². The number of nitrogens with zero attached hydrogens (tertiary/aromatic N) is 9. The Balaban J connectivity index is 1.51. The van der Waals surface area contributed by atoms with Crippen LogP contribution in [0.4, 0.5) is 10.2 Å². The Morgan fingerprint density at radius 1 is 1.09 bits per heavy atom. The lowest BCUT2D eigenvalue weighted by molar-refractivity contribution is 0.468. The van der Waals surface area contributed by atoms with E-state index < -0.39 is 5.82 Å². The molecule has 0 spiro atoms. The van der Waals surface area contributed by atoms with Crippen molar-refractivity contribution in [3.05, 3.63) is 55.0 Å². The maximum Gasteiger partial charge on any atom is 0.237 e. The van der Waals surface area contributed by atoms with Crippen LogP contribution in [0.1, 0.15) is 50.9 Å². The molecule has 4 aromatic rings. The van der Waals surface area contributed by atoms with Gasteiger partial charge in [-0.15, -0.1) is 10.2 Å². The molecular weight excluding hydrogens is 409 g/mol. The number of imidazole rings is 1. The van der Waals surface area contributed by atoms with Crippen LogP contribution in [0.5, 0.6) is 0 Å². The van der Waals surface area contributed by atoms with Crippen LogP contribution in [0.15, 0.2) is 43.4 Å². The van der Waals surface area contributed by atoms with E-state index in [9.17, 15) is 4.39 Å². The zero-order valence-electron chi connectivity index (χ0n) is 17.6. The van der Waals surface area contributed by atoms with Gasteiger partial charge < -0.3 is 4.90 Å². The first-order valence-corrected chi connectivity index (χ1v) is 10.9. The summed E-state index contributed by atoms with van der Waals surface area (Å²) in [6, 6.07) is 1.91. The highest BCUT2D eigenvalue weighted by atomic mass is 19.1. The summed E-state index contributed by atoms with van der Waals surface area (Å²) in [6.07, 6.45) is 15.3. The average Bonchev–Trinajstić information content (AvgIpc) is 3.59. The number of anilines is 1. The molecule has 5 heterocycles. The molecule has 2 aliphatic rings. The number of hydrogen-bond donors (Lipinski definition) is 0.